The average Bonchev–Trinajstić information content (AvgIpc) is 2.56. The Balaban J connectivity index is 0.00000484. The summed E-state index contributed by atoms with van der Waals surface area (Å²) in [5.41, 5.74) is 0.400. The fourth-order valence-electron chi connectivity index (χ4n) is 1.87. The van der Waals surface area contributed by atoms with Crippen molar-refractivity contribution in [3.8, 4) is 17.2 Å². The minimum Gasteiger partial charge on any atom is -0.496 e. The van der Waals surface area contributed by atoms with E-state index in [-0.39, 0.29) is 18.3 Å². The maximum atomic E-state index is 12.2. The molecule has 0 saturated heterocycles. The van der Waals surface area contributed by atoms with Gasteiger partial charge in [-0.15, -0.1) is 12.4 Å². The molecule has 8 heteroatoms. The van der Waals surface area contributed by atoms with Crippen molar-refractivity contribution in [2.75, 3.05) is 54.7 Å². The van der Waals surface area contributed by atoms with Gasteiger partial charge in [0.2, 0.25) is 0 Å². The monoisotopic (exact) mass is 348 g/mol. The first-order valence-corrected chi connectivity index (χ1v) is 6.95. The van der Waals surface area contributed by atoms with Crippen molar-refractivity contribution in [3.05, 3.63) is 17.7 Å². The van der Waals surface area contributed by atoms with Crippen molar-refractivity contribution in [3.63, 3.8) is 0 Å². The summed E-state index contributed by atoms with van der Waals surface area (Å²) in [5, 5.41) is 5.97. The zero-order chi connectivity index (χ0) is 16.4. The van der Waals surface area contributed by atoms with Gasteiger partial charge in [-0.05, 0) is 0 Å². The van der Waals surface area contributed by atoms with Gasteiger partial charge in [-0.25, -0.2) is 0 Å². The molecule has 132 valence electrons. The van der Waals surface area contributed by atoms with E-state index in [2.05, 4.69) is 10.6 Å². The van der Waals surface area contributed by atoms with Crippen LogP contribution in [-0.4, -0.2) is 60.6 Å². The number of carbonyl (C=O) groups excluding carboxylic acids is 1. The standard InChI is InChI=1S/C15H24N2O5.ClH/c1-19-8-7-16-5-6-17-15(18)11-9-13(21-3)14(22-4)10-12(11)20-2;/h9-10,16H,5-8H2,1-4H3,(H,17,18);1H. The van der Waals surface area contributed by atoms with Gasteiger partial charge < -0.3 is 29.6 Å². The van der Waals surface area contributed by atoms with Crippen LogP contribution in [0.15, 0.2) is 12.1 Å². The Morgan fingerprint density at radius 3 is 2.09 bits per heavy atom. The van der Waals surface area contributed by atoms with Gasteiger partial charge in [0.1, 0.15) is 5.75 Å². The molecule has 23 heavy (non-hydrogen) atoms. The molecule has 0 saturated carbocycles. The number of carbonyl (C=O) groups is 1. The van der Waals surface area contributed by atoms with E-state index in [1.807, 2.05) is 0 Å². The number of amides is 1. The summed E-state index contributed by atoms with van der Waals surface area (Å²) in [4.78, 5) is 12.2. The first kappa shape index (κ1) is 21.3. The Bertz CT molecular complexity index is 485. The number of methoxy groups -OCH3 is 4. The minimum atomic E-state index is -0.230. The Morgan fingerprint density at radius 2 is 1.52 bits per heavy atom. The van der Waals surface area contributed by atoms with Crippen molar-refractivity contribution in [2.24, 2.45) is 0 Å². The van der Waals surface area contributed by atoms with Crippen LogP contribution in [-0.2, 0) is 4.74 Å². The van der Waals surface area contributed by atoms with E-state index in [9.17, 15) is 4.79 Å². The molecule has 0 aliphatic carbocycles. The second-order valence-electron chi connectivity index (χ2n) is 4.41. The highest BCUT2D eigenvalue weighted by atomic mass is 35.5. The third-order valence-corrected chi connectivity index (χ3v) is 3.02. The predicted molar refractivity (Wildman–Crippen MR) is 90.4 cm³/mol. The number of benzene rings is 1. The molecule has 0 aliphatic heterocycles. The van der Waals surface area contributed by atoms with E-state index in [1.54, 1.807) is 19.2 Å². The molecule has 0 aliphatic rings. The van der Waals surface area contributed by atoms with Gasteiger partial charge in [0, 0.05) is 38.9 Å². The number of hydrogen-bond acceptors (Lipinski definition) is 6. The summed E-state index contributed by atoms with van der Waals surface area (Å²) in [6.07, 6.45) is 0. The van der Waals surface area contributed by atoms with Crippen LogP contribution >= 0.6 is 12.4 Å². The number of ether oxygens (including phenoxy) is 4. The highest BCUT2D eigenvalue weighted by Gasteiger charge is 2.17. The molecule has 0 unspecified atom stereocenters. The molecule has 7 nitrogen and oxygen atoms in total. The summed E-state index contributed by atoms with van der Waals surface area (Å²) >= 11 is 0. The van der Waals surface area contributed by atoms with Gasteiger partial charge in [0.15, 0.2) is 11.5 Å². The maximum Gasteiger partial charge on any atom is 0.255 e. The number of nitrogens with one attached hydrogen (secondary N) is 2. The molecule has 0 heterocycles. The highest BCUT2D eigenvalue weighted by Crippen LogP contribution is 2.34. The topological polar surface area (TPSA) is 78.1 Å². The highest BCUT2D eigenvalue weighted by molar-refractivity contribution is 5.97. The van der Waals surface area contributed by atoms with Gasteiger partial charge >= 0.3 is 0 Å². The second kappa shape index (κ2) is 11.8. The van der Waals surface area contributed by atoms with Gasteiger partial charge in [0.05, 0.1) is 33.5 Å². The van der Waals surface area contributed by atoms with Crippen molar-refractivity contribution >= 4 is 18.3 Å². The van der Waals surface area contributed by atoms with E-state index in [0.29, 0.717) is 42.5 Å². The summed E-state index contributed by atoms with van der Waals surface area (Å²) < 4.78 is 20.6. The van der Waals surface area contributed by atoms with E-state index >= 15 is 0 Å². The quantitative estimate of drug-likeness (QED) is 0.617. The second-order valence-corrected chi connectivity index (χ2v) is 4.41. The molecule has 0 spiro atoms. The lowest BCUT2D eigenvalue weighted by Gasteiger charge is -2.14. The molecule has 0 aromatic heterocycles. The third-order valence-electron chi connectivity index (χ3n) is 3.02. The average molecular weight is 349 g/mol. The molecule has 0 radical (unpaired) electrons. The normalized spacial score (nSPS) is 9.74. The van der Waals surface area contributed by atoms with E-state index < -0.39 is 0 Å². The Kier molecular flexibility index (Phi) is 10.9. The Morgan fingerprint density at radius 1 is 0.913 bits per heavy atom. The van der Waals surface area contributed by atoms with Crippen molar-refractivity contribution in [1.29, 1.82) is 0 Å². The molecular formula is C15H25ClN2O5. The van der Waals surface area contributed by atoms with E-state index in [0.717, 1.165) is 6.54 Å². The lowest BCUT2D eigenvalue weighted by atomic mass is 10.1. The van der Waals surface area contributed by atoms with Crippen LogP contribution in [0.25, 0.3) is 0 Å². The molecule has 1 amide bonds. The van der Waals surface area contributed by atoms with E-state index in [1.165, 1.54) is 21.3 Å². The summed E-state index contributed by atoms with van der Waals surface area (Å²) in [6.45, 7) is 2.54. The number of hydrogen-bond donors (Lipinski definition) is 2. The van der Waals surface area contributed by atoms with Gasteiger partial charge in [-0.3, -0.25) is 4.79 Å². The first-order valence-electron chi connectivity index (χ1n) is 6.95. The zero-order valence-corrected chi connectivity index (χ0v) is 14.7. The third kappa shape index (κ3) is 6.52. The van der Waals surface area contributed by atoms with Crippen molar-refractivity contribution < 1.29 is 23.7 Å². The molecule has 0 atom stereocenters. The molecule has 2 N–H and O–H groups in total. The zero-order valence-electron chi connectivity index (χ0n) is 13.9. The van der Waals surface area contributed by atoms with Gasteiger partial charge in [0.25, 0.3) is 5.91 Å². The SMILES string of the molecule is COCCNCCNC(=O)c1cc(OC)c(OC)cc1OC.Cl. The molecule has 1 aromatic carbocycles. The van der Waals surface area contributed by atoms with Crippen LogP contribution in [0.2, 0.25) is 0 Å². The summed E-state index contributed by atoms with van der Waals surface area (Å²) in [7, 11) is 6.20. The fourth-order valence-corrected chi connectivity index (χ4v) is 1.87. The maximum absolute atomic E-state index is 12.2. The molecule has 1 rings (SSSR count). The van der Waals surface area contributed by atoms with Crippen molar-refractivity contribution in [2.45, 2.75) is 0 Å². The lowest BCUT2D eigenvalue weighted by Crippen LogP contribution is -2.33. The van der Waals surface area contributed by atoms with Gasteiger partial charge in [-0.2, -0.15) is 0 Å². The first-order chi connectivity index (χ1) is 10.7. The number of halogens is 1. The van der Waals surface area contributed by atoms with Gasteiger partial charge in [-0.1, -0.05) is 0 Å². The number of rotatable bonds is 10. The molecular weight excluding hydrogens is 324 g/mol. The summed E-state index contributed by atoms with van der Waals surface area (Å²) in [5.74, 6) is 1.19. The largest absolute Gasteiger partial charge is 0.496 e. The van der Waals surface area contributed by atoms with Crippen LogP contribution in [0.3, 0.4) is 0 Å². The van der Waals surface area contributed by atoms with E-state index in [4.69, 9.17) is 18.9 Å². The smallest absolute Gasteiger partial charge is 0.255 e. The van der Waals surface area contributed by atoms with Crippen LogP contribution in [0.4, 0.5) is 0 Å². The molecule has 1 aromatic rings. The molecule has 0 bridgehead atoms. The summed E-state index contributed by atoms with van der Waals surface area (Å²) in [6, 6.07) is 3.23. The Hall–Kier alpha value is -1.70. The molecule has 0 fully saturated rings. The predicted octanol–water partition coefficient (Wildman–Crippen LogP) is 1.10. The minimum absolute atomic E-state index is 0. The Labute approximate surface area is 143 Å². The van der Waals surface area contributed by atoms with Crippen LogP contribution in [0.1, 0.15) is 10.4 Å². The fraction of sp³-hybridized carbons (Fsp3) is 0.533. The lowest BCUT2D eigenvalue weighted by molar-refractivity contribution is 0.0950. The van der Waals surface area contributed by atoms with Crippen LogP contribution < -0.4 is 24.8 Å². The van der Waals surface area contributed by atoms with Crippen LogP contribution in [0, 0.1) is 0 Å². The van der Waals surface area contributed by atoms with Crippen LogP contribution in [0.5, 0.6) is 17.2 Å². The van der Waals surface area contributed by atoms with Crippen molar-refractivity contribution in [1.82, 2.24) is 10.6 Å².